The van der Waals surface area contributed by atoms with Gasteiger partial charge in [-0.05, 0) is 41.0 Å². The highest BCUT2D eigenvalue weighted by Gasteiger charge is 2.14. The smallest absolute Gasteiger partial charge is 0.336 e. The Morgan fingerprint density at radius 1 is 1.07 bits per heavy atom. The van der Waals surface area contributed by atoms with Crippen molar-refractivity contribution >= 4 is 22.6 Å². The third-order valence-corrected chi connectivity index (χ3v) is 5.19. The van der Waals surface area contributed by atoms with Gasteiger partial charge in [0.1, 0.15) is 17.9 Å². The molecule has 0 saturated heterocycles. The van der Waals surface area contributed by atoms with Crippen molar-refractivity contribution in [1.82, 2.24) is 0 Å². The van der Waals surface area contributed by atoms with Gasteiger partial charge in [-0.3, -0.25) is 0 Å². The molecular weight excluding hydrogens is 372 g/mol. The number of aryl methyl sites for hydroxylation is 1. The molecule has 1 heterocycles. The Morgan fingerprint density at radius 3 is 2.43 bits per heavy atom. The lowest BCUT2D eigenvalue weighted by atomic mass is 9.87. The van der Waals surface area contributed by atoms with Crippen molar-refractivity contribution in [3.8, 4) is 5.75 Å². The van der Waals surface area contributed by atoms with Crippen molar-refractivity contribution in [2.45, 2.75) is 59.0 Å². The van der Waals surface area contributed by atoms with Gasteiger partial charge in [-0.1, -0.05) is 70.0 Å². The van der Waals surface area contributed by atoms with Gasteiger partial charge in [0.25, 0.3) is 0 Å². The number of unbranched alkanes of at least 4 members (excludes halogenated alkanes) is 1. The SMILES string of the molecule is CCCCc1cc(=O)oc2cc(OCc3ccc(C(C)(C)C)cc3)c(Cl)cc12. The second kappa shape index (κ2) is 8.40. The first kappa shape index (κ1) is 20.5. The standard InChI is InChI=1S/C24H27ClO3/c1-5-6-7-17-12-23(26)28-21-14-22(20(25)13-19(17)21)27-15-16-8-10-18(11-9-16)24(2,3)4/h8-14H,5-7,15H2,1-4H3. The average molecular weight is 399 g/mol. The molecule has 0 saturated carbocycles. The Bertz CT molecular complexity index is 1010. The summed E-state index contributed by atoms with van der Waals surface area (Å²) in [5, 5.41) is 1.39. The van der Waals surface area contributed by atoms with E-state index in [2.05, 4.69) is 52.0 Å². The van der Waals surface area contributed by atoms with Crippen LogP contribution in [-0.4, -0.2) is 0 Å². The minimum Gasteiger partial charge on any atom is -0.487 e. The minimum absolute atomic E-state index is 0.119. The molecule has 3 rings (SSSR count). The molecule has 1 aromatic heterocycles. The molecule has 0 bridgehead atoms. The molecule has 0 aliphatic heterocycles. The van der Waals surface area contributed by atoms with Gasteiger partial charge in [0.05, 0.1) is 5.02 Å². The third kappa shape index (κ3) is 4.77. The average Bonchev–Trinajstić information content (AvgIpc) is 2.64. The van der Waals surface area contributed by atoms with Gasteiger partial charge in [-0.2, -0.15) is 0 Å². The van der Waals surface area contributed by atoms with Crippen molar-refractivity contribution in [2.75, 3.05) is 0 Å². The highest BCUT2D eigenvalue weighted by atomic mass is 35.5. The van der Waals surface area contributed by atoms with E-state index in [9.17, 15) is 4.79 Å². The summed E-state index contributed by atoms with van der Waals surface area (Å²) in [6, 6.07) is 13.5. The molecule has 0 N–H and O–H groups in total. The number of hydrogen-bond acceptors (Lipinski definition) is 3. The van der Waals surface area contributed by atoms with Crippen LogP contribution in [0.5, 0.6) is 5.75 Å². The monoisotopic (exact) mass is 398 g/mol. The molecule has 0 fully saturated rings. The first-order valence-corrected chi connectivity index (χ1v) is 10.1. The van der Waals surface area contributed by atoms with Gasteiger partial charge in [-0.15, -0.1) is 0 Å². The van der Waals surface area contributed by atoms with Gasteiger partial charge < -0.3 is 9.15 Å². The van der Waals surface area contributed by atoms with Crippen LogP contribution in [-0.2, 0) is 18.4 Å². The summed E-state index contributed by atoms with van der Waals surface area (Å²) in [5.41, 5.74) is 3.60. The quantitative estimate of drug-likeness (QED) is 0.435. The van der Waals surface area contributed by atoms with E-state index in [0.717, 1.165) is 35.8 Å². The number of ether oxygens (including phenoxy) is 1. The van der Waals surface area contributed by atoms with Crippen LogP contribution in [0.15, 0.2) is 51.7 Å². The highest BCUT2D eigenvalue weighted by Crippen LogP contribution is 2.32. The predicted molar refractivity (Wildman–Crippen MR) is 116 cm³/mol. The zero-order valence-electron chi connectivity index (χ0n) is 17.0. The van der Waals surface area contributed by atoms with Gasteiger partial charge in [0, 0.05) is 17.5 Å². The summed E-state index contributed by atoms with van der Waals surface area (Å²) in [7, 11) is 0. The molecule has 0 spiro atoms. The van der Waals surface area contributed by atoms with Crippen LogP contribution in [0.25, 0.3) is 11.0 Å². The summed E-state index contributed by atoms with van der Waals surface area (Å²) in [6.07, 6.45) is 2.90. The van der Waals surface area contributed by atoms with Crippen molar-refractivity contribution in [3.05, 3.63) is 74.6 Å². The second-order valence-electron chi connectivity index (χ2n) is 8.21. The largest absolute Gasteiger partial charge is 0.487 e. The van der Waals surface area contributed by atoms with Crippen LogP contribution in [0.4, 0.5) is 0 Å². The molecule has 148 valence electrons. The molecule has 2 aromatic carbocycles. The molecule has 0 unspecified atom stereocenters. The van der Waals surface area contributed by atoms with Gasteiger partial charge in [0.2, 0.25) is 0 Å². The summed E-state index contributed by atoms with van der Waals surface area (Å²) >= 11 is 6.46. The van der Waals surface area contributed by atoms with Crippen LogP contribution in [0.1, 0.15) is 57.2 Å². The number of halogens is 1. The summed E-state index contributed by atoms with van der Waals surface area (Å²) < 4.78 is 11.3. The van der Waals surface area contributed by atoms with E-state index in [1.165, 1.54) is 5.56 Å². The lowest BCUT2D eigenvalue weighted by Gasteiger charge is -2.19. The van der Waals surface area contributed by atoms with Gasteiger partial charge in [0.15, 0.2) is 0 Å². The fourth-order valence-corrected chi connectivity index (χ4v) is 3.39. The zero-order valence-corrected chi connectivity index (χ0v) is 17.7. The third-order valence-electron chi connectivity index (χ3n) is 4.90. The Morgan fingerprint density at radius 2 is 1.79 bits per heavy atom. The van der Waals surface area contributed by atoms with Crippen LogP contribution >= 0.6 is 11.6 Å². The maximum atomic E-state index is 11.9. The molecular formula is C24H27ClO3. The van der Waals surface area contributed by atoms with Crippen LogP contribution in [0.2, 0.25) is 5.02 Å². The lowest BCUT2D eigenvalue weighted by Crippen LogP contribution is -2.10. The van der Waals surface area contributed by atoms with E-state index in [1.807, 2.05) is 6.07 Å². The number of hydrogen-bond donors (Lipinski definition) is 0. The zero-order chi connectivity index (χ0) is 20.3. The van der Waals surface area contributed by atoms with E-state index in [1.54, 1.807) is 12.1 Å². The Kier molecular flexibility index (Phi) is 6.14. The molecule has 3 aromatic rings. The first-order chi connectivity index (χ1) is 13.3. The van der Waals surface area contributed by atoms with Crippen LogP contribution in [0.3, 0.4) is 0 Å². The first-order valence-electron chi connectivity index (χ1n) is 9.76. The van der Waals surface area contributed by atoms with Crippen LogP contribution < -0.4 is 10.4 Å². The molecule has 0 amide bonds. The highest BCUT2D eigenvalue weighted by molar-refractivity contribution is 6.32. The molecule has 0 radical (unpaired) electrons. The topological polar surface area (TPSA) is 39.4 Å². The van der Waals surface area contributed by atoms with E-state index >= 15 is 0 Å². The maximum absolute atomic E-state index is 11.9. The van der Waals surface area contributed by atoms with Crippen LogP contribution in [0, 0.1) is 0 Å². The summed E-state index contributed by atoms with van der Waals surface area (Å²) in [6.45, 7) is 9.09. The predicted octanol–water partition coefficient (Wildman–Crippen LogP) is 6.67. The van der Waals surface area contributed by atoms with E-state index in [0.29, 0.717) is 23.0 Å². The Hall–Kier alpha value is -2.26. The number of benzene rings is 2. The van der Waals surface area contributed by atoms with E-state index < -0.39 is 0 Å². The Labute approximate surface area is 171 Å². The lowest BCUT2D eigenvalue weighted by molar-refractivity contribution is 0.306. The van der Waals surface area contributed by atoms with E-state index in [4.69, 9.17) is 20.8 Å². The fourth-order valence-electron chi connectivity index (χ4n) is 3.17. The Balaban J connectivity index is 1.83. The minimum atomic E-state index is -0.343. The normalized spacial score (nSPS) is 11.8. The van der Waals surface area contributed by atoms with Gasteiger partial charge >= 0.3 is 5.63 Å². The molecule has 3 nitrogen and oxygen atoms in total. The van der Waals surface area contributed by atoms with Gasteiger partial charge in [-0.25, -0.2) is 4.79 Å². The molecule has 28 heavy (non-hydrogen) atoms. The summed E-state index contributed by atoms with van der Waals surface area (Å²) in [5.74, 6) is 0.518. The van der Waals surface area contributed by atoms with Crippen molar-refractivity contribution < 1.29 is 9.15 Å². The fraction of sp³-hybridized carbons (Fsp3) is 0.375. The molecule has 0 aliphatic rings. The van der Waals surface area contributed by atoms with E-state index in [-0.39, 0.29) is 11.0 Å². The van der Waals surface area contributed by atoms with Crippen molar-refractivity contribution in [3.63, 3.8) is 0 Å². The molecule has 0 atom stereocenters. The number of rotatable bonds is 6. The maximum Gasteiger partial charge on any atom is 0.336 e. The molecule has 4 heteroatoms. The summed E-state index contributed by atoms with van der Waals surface area (Å²) in [4.78, 5) is 11.9. The second-order valence-corrected chi connectivity index (χ2v) is 8.62. The van der Waals surface area contributed by atoms with Crippen molar-refractivity contribution in [1.29, 1.82) is 0 Å². The molecule has 0 aliphatic carbocycles. The number of fused-ring (bicyclic) bond motifs is 1. The van der Waals surface area contributed by atoms with Crippen molar-refractivity contribution in [2.24, 2.45) is 0 Å².